The number of hydrogen-bond donors (Lipinski definition) is 3. The fourth-order valence-corrected chi connectivity index (χ4v) is 1.79. The molecule has 2 amide bonds. The van der Waals surface area contributed by atoms with Gasteiger partial charge in [-0.2, -0.15) is 5.10 Å². The van der Waals surface area contributed by atoms with Gasteiger partial charge in [-0.05, 0) is 6.07 Å². The standard InChI is InChI=1S/C13H20N6O/c1-13(2,3)10-8-9-11(15-4-5-17-12(14)20)16-6-7-19(9)18-10/h6-8H,4-5H2,1-3H3,(H,15,16)(H3,14,17,20). The topological polar surface area (TPSA) is 97.3 Å². The molecule has 0 radical (unpaired) electrons. The van der Waals surface area contributed by atoms with Crippen LogP contribution in [0.2, 0.25) is 0 Å². The Morgan fingerprint density at radius 2 is 2.15 bits per heavy atom. The summed E-state index contributed by atoms with van der Waals surface area (Å²) in [6.45, 7) is 7.34. The summed E-state index contributed by atoms with van der Waals surface area (Å²) in [5, 5.41) is 10.2. The molecule has 2 aromatic heterocycles. The minimum atomic E-state index is -0.530. The molecule has 0 saturated carbocycles. The number of amides is 2. The summed E-state index contributed by atoms with van der Waals surface area (Å²) < 4.78 is 1.80. The molecule has 0 aromatic carbocycles. The molecular formula is C13H20N6O. The predicted octanol–water partition coefficient (Wildman–Crippen LogP) is 1.11. The predicted molar refractivity (Wildman–Crippen MR) is 77.8 cm³/mol. The quantitative estimate of drug-likeness (QED) is 0.729. The number of anilines is 1. The second-order valence-electron chi connectivity index (χ2n) is 5.60. The number of nitrogens with one attached hydrogen (secondary N) is 2. The number of carbonyl (C=O) groups is 1. The van der Waals surface area contributed by atoms with E-state index >= 15 is 0 Å². The average molecular weight is 276 g/mol. The third-order valence-corrected chi connectivity index (χ3v) is 2.87. The van der Waals surface area contributed by atoms with Crippen molar-refractivity contribution in [3.05, 3.63) is 24.2 Å². The van der Waals surface area contributed by atoms with Crippen molar-refractivity contribution in [2.24, 2.45) is 5.73 Å². The summed E-state index contributed by atoms with van der Waals surface area (Å²) >= 11 is 0. The van der Waals surface area contributed by atoms with E-state index in [4.69, 9.17) is 5.73 Å². The molecule has 0 fully saturated rings. The molecule has 108 valence electrons. The van der Waals surface area contributed by atoms with Crippen molar-refractivity contribution in [3.63, 3.8) is 0 Å². The Morgan fingerprint density at radius 3 is 2.80 bits per heavy atom. The monoisotopic (exact) mass is 276 g/mol. The Morgan fingerprint density at radius 1 is 1.40 bits per heavy atom. The van der Waals surface area contributed by atoms with Crippen molar-refractivity contribution in [2.75, 3.05) is 18.4 Å². The van der Waals surface area contributed by atoms with Gasteiger partial charge in [0.2, 0.25) is 0 Å². The largest absolute Gasteiger partial charge is 0.367 e. The summed E-state index contributed by atoms with van der Waals surface area (Å²) in [6, 6.07) is 1.49. The van der Waals surface area contributed by atoms with E-state index in [1.54, 1.807) is 10.7 Å². The highest BCUT2D eigenvalue weighted by molar-refractivity contribution is 5.71. The Hall–Kier alpha value is -2.31. The minimum absolute atomic E-state index is 0.0170. The highest BCUT2D eigenvalue weighted by Crippen LogP contribution is 2.24. The van der Waals surface area contributed by atoms with Crippen LogP contribution in [0.4, 0.5) is 10.6 Å². The Labute approximate surface area is 117 Å². The minimum Gasteiger partial charge on any atom is -0.367 e. The molecule has 7 nitrogen and oxygen atoms in total. The van der Waals surface area contributed by atoms with Gasteiger partial charge in [0.05, 0.1) is 5.69 Å². The van der Waals surface area contributed by atoms with Gasteiger partial charge in [0.15, 0.2) is 5.82 Å². The van der Waals surface area contributed by atoms with Gasteiger partial charge in [0.1, 0.15) is 5.52 Å². The van der Waals surface area contributed by atoms with Crippen LogP contribution in [0, 0.1) is 0 Å². The molecule has 2 heterocycles. The van der Waals surface area contributed by atoms with Gasteiger partial charge < -0.3 is 16.4 Å². The lowest BCUT2D eigenvalue weighted by Gasteiger charge is -2.13. The summed E-state index contributed by atoms with van der Waals surface area (Å²) in [6.07, 6.45) is 3.51. The van der Waals surface area contributed by atoms with E-state index in [2.05, 4.69) is 41.5 Å². The van der Waals surface area contributed by atoms with Crippen molar-refractivity contribution in [2.45, 2.75) is 26.2 Å². The summed E-state index contributed by atoms with van der Waals surface area (Å²) in [5.41, 5.74) is 6.91. The van der Waals surface area contributed by atoms with Crippen LogP contribution in [0.3, 0.4) is 0 Å². The van der Waals surface area contributed by atoms with Gasteiger partial charge >= 0.3 is 6.03 Å². The molecular weight excluding hydrogens is 256 g/mol. The average Bonchev–Trinajstić information content (AvgIpc) is 2.78. The molecule has 0 bridgehead atoms. The maximum atomic E-state index is 10.6. The zero-order valence-corrected chi connectivity index (χ0v) is 12.0. The normalized spacial score (nSPS) is 11.6. The lowest BCUT2D eigenvalue weighted by atomic mass is 9.92. The van der Waals surface area contributed by atoms with Crippen LogP contribution >= 0.6 is 0 Å². The van der Waals surface area contributed by atoms with Crippen LogP contribution < -0.4 is 16.4 Å². The zero-order chi connectivity index (χ0) is 14.8. The van der Waals surface area contributed by atoms with Gasteiger partial charge in [0, 0.05) is 30.9 Å². The van der Waals surface area contributed by atoms with E-state index in [1.807, 2.05) is 12.3 Å². The number of nitrogens with zero attached hydrogens (tertiary/aromatic N) is 3. The van der Waals surface area contributed by atoms with Gasteiger partial charge in [0.25, 0.3) is 0 Å². The first-order chi connectivity index (χ1) is 9.38. The first-order valence-corrected chi connectivity index (χ1v) is 6.50. The van der Waals surface area contributed by atoms with Crippen LogP contribution in [-0.2, 0) is 5.41 Å². The molecule has 0 aliphatic carbocycles. The SMILES string of the molecule is CC(C)(C)c1cc2c(NCCNC(N)=O)nccn2n1. The van der Waals surface area contributed by atoms with Crippen molar-refractivity contribution in [3.8, 4) is 0 Å². The van der Waals surface area contributed by atoms with Crippen molar-refractivity contribution in [1.29, 1.82) is 0 Å². The first-order valence-electron chi connectivity index (χ1n) is 6.50. The number of fused-ring (bicyclic) bond motifs is 1. The third-order valence-electron chi connectivity index (χ3n) is 2.87. The van der Waals surface area contributed by atoms with Gasteiger partial charge in [-0.1, -0.05) is 20.8 Å². The molecule has 0 aliphatic heterocycles. The summed E-state index contributed by atoms with van der Waals surface area (Å²) in [7, 11) is 0. The van der Waals surface area contributed by atoms with Crippen LogP contribution in [0.15, 0.2) is 18.5 Å². The number of primary amides is 1. The number of hydrogen-bond acceptors (Lipinski definition) is 4. The van der Waals surface area contributed by atoms with E-state index in [0.29, 0.717) is 13.1 Å². The molecule has 0 saturated heterocycles. The molecule has 0 aliphatic rings. The fourth-order valence-electron chi connectivity index (χ4n) is 1.79. The van der Waals surface area contributed by atoms with Gasteiger partial charge in [-0.3, -0.25) is 0 Å². The van der Waals surface area contributed by atoms with Crippen LogP contribution in [0.25, 0.3) is 5.52 Å². The first kappa shape index (κ1) is 14.1. The lowest BCUT2D eigenvalue weighted by molar-refractivity contribution is 0.249. The maximum Gasteiger partial charge on any atom is 0.312 e. The number of urea groups is 1. The van der Waals surface area contributed by atoms with Crippen molar-refractivity contribution in [1.82, 2.24) is 19.9 Å². The molecule has 20 heavy (non-hydrogen) atoms. The fraction of sp³-hybridized carbons (Fsp3) is 0.462. The zero-order valence-electron chi connectivity index (χ0n) is 12.0. The molecule has 0 unspecified atom stereocenters. The molecule has 7 heteroatoms. The molecule has 4 N–H and O–H groups in total. The molecule has 0 spiro atoms. The Bertz CT molecular complexity index is 613. The highest BCUT2D eigenvalue weighted by atomic mass is 16.2. The highest BCUT2D eigenvalue weighted by Gasteiger charge is 2.18. The summed E-state index contributed by atoms with van der Waals surface area (Å²) in [4.78, 5) is 14.9. The smallest absolute Gasteiger partial charge is 0.312 e. The Balaban J connectivity index is 2.17. The second kappa shape index (κ2) is 5.36. The number of aromatic nitrogens is 3. The van der Waals surface area contributed by atoms with E-state index in [-0.39, 0.29) is 5.41 Å². The van der Waals surface area contributed by atoms with Crippen molar-refractivity contribution >= 4 is 17.4 Å². The molecule has 0 atom stereocenters. The number of nitrogens with two attached hydrogens (primary N) is 1. The van der Waals surface area contributed by atoms with Gasteiger partial charge in [-0.15, -0.1) is 0 Å². The third kappa shape index (κ3) is 3.17. The van der Waals surface area contributed by atoms with Crippen LogP contribution in [0.5, 0.6) is 0 Å². The van der Waals surface area contributed by atoms with Crippen LogP contribution in [-0.4, -0.2) is 33.7 Å². The lowest BCUT2D eigenvalue weighted by Crippen LogP contribution is -2.33. The van der Waals surface area contributed by atoms with Gasteiger partial charge in [-0.25, -0.2) is 14.3 Å². The van der Waals surface area contributed by atoms with E-state index in [9.17, 15) is 4.79 Å². The van der Waals surface area contributed by atoms with E-state index < -0.39 is 6.03 Å². The van der Waals surface area contributed by atoms with Crippen molar-refractivity contribution < 1.29 is 4.79 Å². The van der Waals surface area contributed by atoms with Crippen LogP contribution in [0.1, 0.15) is 26.5 Å². The molecule has 2 aromatic rings. The van der Waals surface area contributed by atoms with E-state index in [1.165, 1.54) is 0 Å². The Kier molecular flexibility index (Phi) is 3.78. The second-order valence-corrected chi connectivity index (χ2v) is 5.60. The molecule has 2 rings (SSSR count). The van der Waals surface area contributed by atoms with E-state index in [0.717, 1.165) is 17.0 Å². The maximum absolute atomic E-state index is 10.6. The summed E-state index contributed by atoms with van der Waals surface area (Å²) in [5.74, 6) is 0.738. The number of rotatable bonds is 4. The number of carbonyl (C=O) groups excluding carboxylic acids is 1.